The Balaban J connectivity index is 0.962. The van der Waals surface area contributed by atoms with E-state index < -0.39 is 0 Å². The van der Waals surface area contributed by atoms with Gasteiger partial charge in [-0.25, -0.2) is 0 Å². The van der Waals surface area contributed by atoms with Crippen LogP contribution in [0.4, 0.5) is 39.8 Å². The van der Waals surface area contributed by atoms with E-state index in [1.807, 2.05) is 0 Å². The van der Waals surface area contributed by atoms with Crippen LogP contribution in [0.2, 0.25) is 0 Å². The first-order valence-corrected chi connectivity index (χ1v) is 27.2. The predicted octanol–water partition coefficient (Wildman–Crippen LogP) is 19.5. The molecule has 2 aliphatic carbocycles. The van der Waals surface area contributed by atoms with Gasteiger partial charge >= 0.3 is 0 Å². The van der Waals surface area contributed by atoms with Gasteiger partial charge in [-0.2, -0.15) is 0 Å². The van der Waals surface area contributed by atoms with Gasteiger partial charge in [-0.15, -0.1) is 0 Å². The molecule has 1 unspecified atom stereocenters. The highest BCUT2D eigenvalue weighted by molar-refractivity contribution is 5.95. The molecule has 7 aromatic rings. The second kappa shape index (κ2) is 17.0. The Labute approximate surface area is 442 Å². The molecule has 372 valence electrons. The van der Waals surface area contributed by atoms with Gasteiger partial charge in [-0.1, -0.05) is 186 Å². The van der Waals surface area contributed by atoms with Crippen LogP contribution in [0.3, 0.4) is 0 Å². The normalized spacial score (nSPS) is 18.6. The van der Waals surface area contributed by atoms with E-state index in [2.05, 4.69) is 280 Å². The minimum Gasteiger partial charge on any atom is -0.314 e. The second-order valence-electron chi connectivity index (χ2n) is 25.4. The fourth-order valence-corrected chi connectivity index (χ4v) is 13.1. The van der Waals surface area contributed by atoms with E-state index in [0.717, 1.165) is 36.3 Å². The number of hydrogen-bond acceptors (Lipinski definition) is 3. The van der Waals surface area contributed by atoms with Gasteiger partial charge in [0.2, 0.25) is 0 Å². The van der Waals surface area contributed by atoms with Crippen LogP contribution in [0.15, 0.2) is 205 Å². The van der Waals surface area contributed by atoms with Crippen LogP contribution >= 0.6 is 0 Å². The van der Waals surface area contributed by atoms with E-state index in [1.54, 1.807) is 5.57 Å². The van der Waals surface area contributed by atoms with Crippen molar-refractivity contribution >= 4 is 39.8 Å². The maximum atomic E-state index is 2.74. The van der Waals surface area contributed by atoms with Crippen molar-refractivity contribution in [2.24, 2.45) is 0 Å². The van der Waals surface area contributed by atoms with Gasteiger partial charge in [0.15, 0.2) is 0 Å². The molecule has 5 aliphatic rings. The summed E-state index contributed by atoms with van der Waals surface area (Å²) < 4.78 is 0. The Morgan fingerprint density at radius 1 is 0.486 bits per heavy atom. The predicted molar refractivity (Wildman–Crippen MR) is 315 cm³/mol. The topological polar surface area (TPSA) is 9.72 Å². The van der Waals surface area contributed by atoms with Crippen molar-refractivity contribution < 1.29 is 0 Å². The lowest BCUT2D eigenvalue weighted by Crippen LogP contribution is -2.48. The van der Waals surface area contributed by atoms with Crippen LogP contribution in [0.5, 0.6) is 0 Å². The lowest BCUT2D eigenvalue weighted by molar-refractivity contribution is 0.505. The van der Waals surface area contributed by atoms with Gasteiger partial charge in [0.25, 0.3) is 0 Å². The molecule has 0 aromatic heterocycles. The summed E-state index contributed by atoms with van der Waals surface area (Å²) >= 11 is 0. The van der Waals surface area contributed by atoms with E-state index in [4.69, 9.17) is 0 Å². The summed E-state index contributed by atoms with van der Waals surface area (Å²) in [6.45, 7) is 28.6. The molecular formula is C71H73N3. The summed E-state index contributed by atoms with van der Waals surface area (Å²) in [5.41, 5.74) is 26.1. The number of benzene rings is 7. The van der Waals surface area contributed by atoms with Crippen molar-refractivity contribution in [2.75, 3.05) is 14.7 Å². The summed E-state index contributed by atoms with van der Waals surface area (Å²) in [7, 11) is 0. The zero-order valence-electron chi connectivity index (χ0n) is 45.9. The number of nitrogens with zero attached hydrogens (tertiary/aromatic N) is 3. The van der Waals surface area contributed by atoms with Crippen molar-refractivity contribution in [2.45, 2.75) is 135 Å². The molecule has 0 amide bonds. The smallest absolute Gasteiger partial charge is 0.0544 e. The maximum Gasteiger partial charge on any atom is 0.0544 e. The molecule has 0 saturated heterocycles. The molecule has 3 heteroatoms. The van der Waals surface area contributed by atoms with Crippen molar-refractivity contribution in [3.8, 4) is 11.1 Å². The third kappa shape index (κ3) is 7.59. The van der Waals surface area contributed by atoms with Gasteiger partial charge in [0.1, 0.15) is 0 Å². The highest BCUT2D eigenvalue weighted by Gasteiger charge is 2.54. The quantitative estimate of drug-likeness (QED) is 0.150. The summed E-state index contributed by atoms with van der Waals surface area (Å²) in [5.74, 6) is 0.229. The summed E-state index contributed by atoms with van der Waals surface area (Å²) in [4.78, 5) is 7.59. The Bertz CT molecular complexity index is 3470. The number of allylic oxidation sites excluding steroid dienone is 7. The highest BCUT2D eigenvalue weighted by atomic mass is 15.2. The van der Waals surface area contributed by atoms with Crippen LogP contribution in [-0.4, -0.2) is 0 Å². The Hall–Kier alpha value is -7.10. The monoisotopic (exact) mass is 968 g/mol. The standard InChI is InChI=1S/C71H73N3/c1-67(2,3)50-30-38-56(39-31-50)72(52-20-15-13-16-21-52)54-34-26-46(27-35-54)48-42-60-65-62(44-48)71(11,12)63-45-49(43-61-66(63)74(65)64-58(69(60,7)8)24-19-25-59(64)70(61,9)10)47-28-36-55(37-29-47)73(53-22-17-14-18-23-53)57-40-32-51(33-41-57)68(4,5)6/h13-17,19-22,24-42,44-45,49H,18,23,43H2,1-12H3. The molecule has 0 spiro atoms. The summed E-state index contributed by atoms with van der Waals surface area (Å²) in [6, 6.07) is 60.3. The third-order valence-corrected chi connectivity index (χ3v) is 17.6. The molecule has 1 atom stereocenters. The highest BCUT2D eigenvalue weighted by Crippen LogP contribution is 2.67. The molecule has 0 fully saturated rings. The zero-order chi connectivity index (χ0) is 51.7. The van der Waals surface area contributed by atoms with E-state index in [0.29, 0.717) is 0 Å². The van der Waals surface area contributed by atoms with Crippen LogP contribution < -0.4 is 14.7 Å². The molecule has 7 aromatic carbocycles. The molecule has 0 saturated carbocycles. The number of anilines is 7. The molecule has 3 aliphatic heterocycles. The summed E-state index contributed by atoms with van der Waals surface area (Å²) in [6.07, 6.45) is 12.5. The van der Waals surface area contributed by atoms with Gasteiger partial charge in [0, 0.05) is 56.3 Å². The molecule has 0 radical (unpaired) electrons. The van der Waals surface area contributed by atoms with Crippen molar-refractivity contribution in [3.63, 3.8) is 0 Å². The van der Waals surface area contributed by atoms with Gasteiger partial charge in [-0.05, 0) is 170 Å². The fourth-order valence-electron chi connectivity index (χ4n) is 13.1. The first-order valence-electron chi connectivity index (χ1n) is 27.2. The Morgan fingerprint density at radius 2 is 0.986 bits per heavy atom. The van der Waals surface area contributed by atoms with Crippen molar-refractivity contribution in [3.05, 3.63) is 244 Å². The molecule has 12 rings (SSSR count). The second-order valence-corrected chi connectivity index (χ2v) is 25.4. The van der Waals surface area contributed by atoms with Crippen LogP contribution in [0.1, 0.15) is 147 Å². The molecule has 0 N–H and O–H groups in total. The minimum atomic E-state index is -0.272. The maximum absolute atomic E-state index is 2.74. The largest absolute Gasteiger partial charge is 0.314 e. The fraction of sp³-hybridized carbons (Fsp3) is 0.296. The van der Waals surface area contributed by atoms with Crippen LogP contribution in [0.25, 0.3) is 11.1 Å². The van der Waals surface area contributed by atoms with Crippen LogP contribution in [-0.2, 0) is 27.1 Å². The lowest BCUT2D eigenvalue weighted by Gasteiger charge is -2.57. The van der Waals surface area contributed by atoms with Crippen LogP contribution in [0, 0.1) is 0 Å². The summed E-state index contributed by atoms with van der Waals surface area (Å²) in [5, 5.41) is 0. The molecule has 0 bridgehead atoms. The zero-order valence-corrected chi connectivity index (χ0v) is 45.9. The SMILES string of the molecule is CC(C)(C)c1ccc(N(C2=CC=CCC2)c2ccc(C3C=C4C5=C(C3)C(C)(C)c3cccc6c3N5c3c(cc(-c5ccc(N(c7ccccc7)c7ccc(C(C)(C)C)cc7)cc5)cc3C6(C)C)C4(C)C)cc2)cc1. The molecule has 3 heterocycles. The average molecular weight is 968 g/mol. The van der Waals surface area contributed by atoms with E-state index >= 15 is 0 Å². The van der Waals surface area contributed by atoms with E-state index in [1.165, 1.54) is 89.8 Å². The Morgan fingerprint density at radius 3 is 1.54 bits per heavy atom. The Kier molecular flexibility index (Phi) is 11.0. The average Bonchev–Trinajstić information content (AvgIpc) is 3.46. The van der Waals surface area contributed by atoms with E-state index in [9.17, 15) is 0 Å². The molecular weight excluding hydrogens is 895 g/mol. The van der Waals surface area contributed by atoms with Gasteiger partial charge in [-0.3, -0.25) is 0 Å². The number of hydrogen-bond donors (Lipinski definition) is 0. The third-order valence-electron chi connectivity index (χ3n) is 17.6. The molecule has 74 heavy (non-hydrogen) atoms. The minimum absolute atomic E-state index is 0.0832. The molecule has 3 nitrogen and oxygen atoms in total. The first-order chi connectivity index (χ1) is 35.2. The van der Waals surface area contributed by atoms with E-state index in [-0.39, 0.29) is 33.0 Å². The van der Waals surface area contributed by atoms with Gasteiger partial charge in [0.05, 0.1) is 17.1 Å². The lowest BCUT2D eigenvalue weighted by atomic mass is 9.57. The van der Waals surface area contributed by atoms with Gasteiger partial charge < -0.3 is 14.7 Å². The number of rotatable bonds is 8. The first kappa shape index (κ1) is 47.9. The van der Waals surface area contributed by atoms with Crippen molar-refractivity contribution in [1.82, 2.24) is 0 Å². The number of para-hydroxylation sites is 2. The van der Waals surface area contributed by atoms with Crippen molar-refractivity contribution in [1.29, 1.82) is 0 Å².